The molecule has 0 atom stereocenters. The summed E-state index contributed by atoms with van der Waals surface area (Å²) in [4.78, 5) is 17.1. The van der Waals surface area contributed by atoms with E-state index < -0.39 is 20.0 Å². The molecule has 0 radical (unpaired) electrons. The molecule has 3 aromatic rings. The molecular weight excluding hydrogens is 528 g/mol. The van der Waals surface area contributed by atoms with Gasteiger partial charge < -0.3 is 19.8 Å². The molecule has 1 saturated carbocycles. The van der Waals surface area contributed by atoms with Gasteiger partial charge in [0.1, 0.15) is 17.1 Å². The van der Waals surface area contributed by atoms with Crippen LogP contribution in [-0.4, -0.2) is 31.3 Å². The van der Waals surface area contributed by atoms with E-state index in [0.29, 0.717) is 6.04 Å². The molecule has 1 amide bonds. The van der Waals surface area contributed by atoms with Gasteiger partial charge in [0, 0.05) is 30.9 Å². The summed E-state index contributed by atoms with van der Waals surface area (Å²) in [7, 11) is -1.86. The van der Waals surface area contributed by atoms with Gasteiger partial charge in [0.05, 0.1) is 0 Å². The van der Waals surface area contributed by atoms with Gasteiger partial charge in [0.2, 0.25) is 14.2 Å². The van der Waals surface area contributed by atoms with Crippen molar-refractivity contribution in [3.63, 3.8) is 0 Å². The summed E-state index contributed by atoms with van der Waals surface area (Å²) in [5, 5.41) is 6.89. The summed E-state index contributed by atoms with van der Waals surface area (Å²) < 4.78 is 38.8. The highest BCUT2D eigenvalue weighted by Gasteiger charge is 2.38. The average molecular weight is 568 g/mol. The van der Waals surface area contributed by atoms with Gasteiger partial charge in [-0.25, -0.2) is 13.8 Å². The molecule has 2 N–H and O–H groups in total. The van der Waals surface area contributed by atoms with E-state index in [-0.39, 0.29) is 34.2 Å². The Kier molecular flexibility index (Phi) is 9.25. The molecule has 4 rings (SSSR count). The van der Waals surface area contributed by atoms with Crippen molar-refractivity contribution < 1.29 is 22.7 Å². The van der Waals surface area contributed by atoms with E-state index in [1.165, 1.54) is 17.8 Å². The van der Waals surface area contributed by atoms with Crippen LogP contribution in [-0.2, 0) is 6.54 Å². The number of carbonyl (C=O) groups excluding carboxylic acids is 1. The fourth-order valence-electron chi connectivity index (χ4n) is 4.39. The fraction of sp³-hybridized carbons (Fsp3) is 0.419. The summed E-state index contributed by atoms with van der Waals surface area (Å²) in [6, 6.07) is 15.2. The van der Waals surface area contributed by atoms with Crippen LogP contribution in [0.4, 0.5) is 8.78 Å². The number of hydrogen-bond acceptors (Lipinski definition) is 5. The second-order valence-electron chi connectivity index (χ2n) is 11.9. The number of rotatable bonds is 9. The Balaban J connectivity index is 1.24. The topological polar surface area (TPSA) is 72.5 Å². The third kappa shape index (κ3) is 7.66. The van der Waals surface area contributed by atoms with E-state index in [1.807, 2.05) is 0 Å². The van der Waals surface area contributed by atoms with Crippen LogP contribution in [0.15, 0.2) is 60.8 Å². The summed E-state index contributed by atoms with van der Waals surface area (Å²) in [6.07, 6.45) is 5.08. The molecule has 9 heteroatoms. The van der Waals surface area contributed by atoms with Crippen molar-refractivity contribution in [2.75, 3.05) is 0 Å². The molecule has 40 heavy (non-hydrogen) atoms. The van der Waals surface area contributed by atoms with Crippen LogP contribution >= 0.6 is 0 Å². The van der Waals surface area contributed by atoms with Crippen molar-refractivity contribution in [2.24, 2.45) is 0 Å². The van der Waals surface area contributed by atoms with Crippen LogP contribution in [0.1, 0.15) is 62.4 Å². The smallest absolute Gasteiger partial charge is 0.257 e. The van der Waals surface area contributed by atoms with Crippen molar-refractivity contribution in [3.8, 4) is 17.4 Å². The van der Waals surface area contributed by atoms with E-state index in [4.69, 9.17) is 9.16 Å². The Morgan fingerprint density at radius 2 is 1.60 bits per heavy atom. The maximum absolute atomic E-state index is 13.6. The van der Waals surface area contributed by atoms with Crippen LogP contribution < -0.4 is 19.8 Å². The molecule has 0 aliphatic heterocycles. The molecule has 0 saturated heterocycles. The van der Waals surface area contributed by atoms with E-state index in [9.17, 15) is 13.6 Å². The van der Waals surface area contributed by atoms with Crippen molar-refractivity contribution in [2.45, 2.75) is 83.2 Å². The van der Waals surface area contributed by atoms with Crippen molar-refractivity contribution in [1.29, 1.82) is 0 Å². The highest BCUT2D eigenvalue weighted by molar-refractivity contribution is 6.74. The average Bonchev–Trinajstić information content (AvgIpc) is 2.91. The first-order chi connectivity index (χ1) is 18.9. The number of halogens is 2. The Bertz CT molecular complexity index is 1300. The van der Waals surface area contributed by atoms with Gasteiger partial charge in [-0.3, -0.25) is 4.79 Å². The zero-order valence-corrected chi connectivity index (χ0v) is 24.9. The monoisotopic (exact) mass is 567 g/mol. The third-order valence-electron chi connectivity index (χ3n) is 7.88. The minimum atomic E-state index is -1.86. The van der Waals surface area contributed by atoms with Crippen molar-refractivity contribution in [1.82, 2.24) is 15.6 Å². The summed E-state index contributed by atoms with van der Waals surface area (Å²) in [5.41, 5.74) is 1.46. The largest absolute Gasteiger partial charge is 0.544 e. The van der Waals surface area contributed by atoms with Crippen LogP contribution in [0.3, 0.4) is 0 Å². The lowest BCUT2D eigenvalue weighted by Gasteiger charge is -2.36. The van der Waals surface area contributed by atoms with E-state index in [2.05, 4.69) is 73.7 Å². The summed E-state index contributed by atoms with van der Waals surface area (Å²) in [6.45, 7) is 12.0. The van der Waals surface area contributed by atoms with Gasteiger partial charge >= 0.3 is 0 Å². The molecule has 6 nitrogen and oxygen atoms in total. The molecular formula is C31H39F2N3O3Si. The SMILES string of the molecule is CC(C)(C)[Si](C)(C)Oc1ccc(CNC2CCC(NC(=O)c3cccnc3Oc3ccc(F)c(F)c3)CC2)cc1. The molecule has 1 fully saturated rings. The van der Waals surface area contributed by atoms with Gasteiger partial charge in [-0.15, -0.1) is 0 Å². The number of nitrogens with one attached hydrogen (secondary N) is 2. The highest BCUT2D eigenvalue weighted by Crippen LogP contribution is 2.37. The molecule has 1 aliphatic rings. The second-order valence-corrected chi connectivity index (χ2v) is 16.7. The Labute approximate surface area is 236 Å². The first-order valence-corrected chi connectivity index (χ1v) is 16.7. The molecule has 214 valence electrons. The number of benzene rings is 2. The number of amides is 1. The lowest BCUT2D eigenvalue weighted by molar-refractivity contribution is 0.0921. The molecule has 0 unspecified atom stereocenters. The number of ether oxygens (including phenoxy) is 1. The third-order valence-corrected chi connectivity index (χ3v) is 12.2. The lowest BCUT2D eigenvalue weighted by atomic mass is 9.91. The van der Waals surface area contributed by atoms with Crippen LogP contribution in [0.5, 0.6) is 17.4 Å². The van der Waals surface area contributed by atoms with Crippen molar-refractivity contribution in [3.05, 3.63) is 83.6 Å². The minimum absolute atomic E-state index is 0.0358. The normalized spacial score (nSPS) is 17.8. The molecule has 1 aromatic heterocycles. The van der Waals surface area contributed by atoms with Crippen LogP contribution in [0.2, 0.25) is 18.1 Å². The van der Waals surface area contributed by atoms with Crippen LogP contribution in [0, 0.1) is 11.6 Å². The molecule has 2 aromatic carbocycles. The number of aromatic nitrogens is 1. The van der Waals surface area contributed by atoms with Gasteiger partial charge in [0.25, 0.3) is 5.91 Å². The van der Waals surface area contributed by atoms with Gasteiger partial charge in [-0.1, -0.05) is 32.9 Å². The molecule has 1 heterocycles. The molecule has 0 spiro atoms. The summed E-state index contributed by atoms with van der Waals surface area (Å²) in [5.74, 6) is -1.27. The zero-order valence-electron chi connectivity index (χ0n) is 23.9. The minimum Gasteiger partial charge on any atom is -0.544 e. The van der Waals surface area contributed by atoms with E-state index >= 15 is 0 Å². The van der Waals surface area contributed by atoms with Gasteiger partial charge in [-0.2, -0.15) is 0 Å². The van der Waals surface area contributed by atoms with E-state index in [1.54, 1.807) is 12.1 Å². The number of carbonyl (C=O) groups is 1. The van der Waals surface area contributed by atoms with E-state index in [0.717, 1.165) is 50.1 Å². The predicted molar refractivity (Wildman–Crippen MR) is 155 cm³/mol. The summed E-state index contributed by atoms with van der Waals surface area (Å²) >= 11 is 0. The molecule has 0 bridgehead atoms. The maximum atomic E-state index is 13.6. The van der Waals surface area contributed by atoms with Crippen LogP contribution in [0.25, 0.3) is 0 Å². The zero-order chi connectivity index (χ0) is 28.9. The Morgan fingerprint density at radius 3 is 2.25 bits per heavy atom. The standard InChI is InChI=1S/C31H39F2N3O3Si/c1-31(2,3)40(4,5)39-24-14-8-21(9-15-24)20-35-22-10-12-23(13-11-22)36-29(37)26-7-6-18-34-30(26)38-25-16-17-27(32)28(33)19-25/h6-9,14-19,22-23,35H,10-13,20H2,1-5H3,(H,36,37). The Hall–Kier alpha value is -3.30. The quantitative estimate of drug-likeness (QED) is 0.264. The number of hydrogen-bond donors (Lipinski definition) is 2. The lowest BCUT2D eigenvalue weighted by Crippen LogP contribution is -2.43. The number of nitrogens with zero attached hydrogens (tertiary/aromatic N) is 1. The van der Waals surface area contributed by atoms with Gasteiger partial charge in [0.15, 0.2) is 11.6 Å². The fourth-order valence-corrected chi connectivity index (χ4v) is 5.42. The predicted octanol–water partition coefficient (Wildman–Crippen LogP) is 7.37. The molecule has 1 aliphatic carbocycles. The maximum Gasteiger partial charge on any atom is 0.257 e. The van der Waals surface area contributed by atoms with Gasteiger partial charge in [-0.05, 0) is 85.8 Å². The highest BCUT2D eigenvalue weighted by atomic mass is 28.4. The van der Waals surface area contributed by atoms with Crippen molar-refractivity contribution >= 4 is 14.2 Å². The number of pyridine rings is 1. The first-order valence-electron chi connectivity index (χ1n) is 13.8. The first kappa shape index (κ1) is 29.7. The second kappa shape index (κ2) is 12.5. The Morgan fingerprint density at radius 1 is 0.950 bits per heavy atom.